The van der Waals surface area contributed by atoms with Gasteiger partial charge < -0.3 is 18.9 Å². The monoisotopic (exact) mass is 1600 g/mol. The number of benzene rings is 21. The molecular formula is C122H84N4. The Morgan fingerprint density at radius 2 is 0.373 bits per heavy atom. The van der Waals surface area contributed by atoms with E-state index in [0.29, 0.717) is 0 Å². The van der Waals surface area contributed by atoms with Crippen molar-refractivity contribution in [2.45, 2.75) is 0 Å². The van der Waals surface area contributed by atoms with Crippen molar-refractivity contribution < 1.29 is 0 Å². The van der Waals surface area contributed by atoms with Gasteiger partial charge >= 0.3 is 0 Å². The second kappa shape index (κ2) is 33.4. The molecule has 21 aromatic carbocycles. The number of hydrogen-bond acceptors (Lipinski definition) is 2. The Kier molecular flexibility index (Phi) is 20.0. The molecule has 23 aromatic rings. The molecule has 0 unspecified atom stereocenters. The van der Waals surface area contributed by atoms with E-state index in [0.717, 1.165) is 45.5 Å². The van der Waals surface area contributed by atoms with Crippen molar-refractivity contribution in [1.29, 1.82) is 0 Å². The highest BCUT2D eigenvalue weighted by Crippen LogP contribution is 2.44. The van der Waals surface area contributed by atoms with Gasteiger partial charge in [0.15, 0.2) is 0 Å². The van der Waals surface area contributed by atoms with Crippen molar-refractivity contribution >= 4 is 99.3 Å². The highest BCUT2D eigenvalue weighted by molar-refractivity contribution is 6.12. The van der Waals surface area contributed by atoms with Crippen molar-refractivity contribution in [2.24, 2.45) is 0 Å². The van der Waals surface area contributed by atoms with Gasteiger partial charge in [0.25, 0.3) is 0 Å². The number of nitrogens with zero attached hydrogens (tertiary/aromatic N) is 4. The van der Waals surface area contributed by atoms with Gasteiger partial charge in [0, 0.05) is 67.0 Å². The van der Waals surface area contributed by atoms with Gasteiger partial charge in [-0.1, -0.05) is 370 Å². The molecule has 2 heterocycles. The molecule has 0 aliphatic heterocycles. The molecule has 0 spiro atoms. The number of aromatic nitrogens is 2. The van der Waals surface area contributed by atoms with Crippen LogP contribution in [0.25, 0.3) is 177 Å². The minimum absolute atomic E-state index is 1.09. The molecule has 2 aromatic heterocycles. The Balaban J connectivity index is 0.000000150. The van der Waals surface area contributed by atoms with E-state index in [4.69, 9.17) is 0 Å². The largest absolute Gasteiger partial charge is 0.311 e. The summed E-state index contributed by atoms with van der Waals surface area (Å²) >= 11 is 0. The van der Waals surface area contributed by atoms with Crippen LogP contribution in [0.15, 0.2) is 510 Å². The number of fused-ring (bicyclic) bond motifs is 8. The molecule has 0 aliphatic carbocycles. The van der Waals surface area contributed by atoms with Crippen LogP contribution in [-0.4, -0.2) is 9.13 Å². The van der Waals surface area contributed by atoms with Crippen LogP contribution in [0.2, 0.25) is 0 Å². The minimum atomic E-state index is 1.09. The Morgan fingerprint density at radius 1 is 0.127 bits per heavy atom. The van der Waals surface area contributed by atoms with Gasteiger partial charge in [-0.15, -0.1) is 0 Å². The zero-order chi connectivity index (χ0) is 83.6. The first kappa shape index (κ1) is 75.5. The van der Waals surface area contributed by atoms with E-state index in [-0.39, 0.29) is 0 Å². The summed E-state index contributed by atoms with van der Waals surface area (Å²) in [7, 11) is 0. The van der Waals surface area contributed by atoms with E-state index in [1.807, 2.05) is 0 Å². The third-order valence-corrected chi connectivity index (χ3v) is 24.8. The number of para-hydroxylation sites is 3. The van der Waals surface area contributed by atoms with Crippen LogP contribution in [0, 0.1) is 0 Å². The molecule has 126 heavy (non-hydrogen) atoms. The highest BCUT2D eigenvalue weighted by atomic mass is 15.1. The van der Waals surface area contributed by atoms with Crippen LogP contribution < -0.4 is 9.80 Å². The van der Waals surface area contributed by atoms with Gasteiger partial charge in [-0.2, -0.15) is 0 Å². The lowest BCUT2D eigenvalue weighted by atomic mass is 9.96. The van der Waals surface area contributed by atoms with Crippen molar-refractivity contribution in [1.82, 2.24) is 9.13 Å². The molecule has 0 aliphatic rings. The van der Waals surface area contributed by atoms with Crippen LogP contribution in [0.5, 0.6) is 0 Å². The van der Waals surface area contributed by atoms with Crippen molar-refractivity contribution in [3.05, 3.63) is 510 Å². The van der Waals surface area contributed by atoms with E-state index in [9.17, 15) is 0 Å². The topological polar surface area (TPSA) is 16.3 Å². The fraction of sp³-hybridized carbons (Fsp3) is 0. The standard InChI is InChI=1S/C64H44N2.C58H40N2/c1-3-12-45(13-4-1)48-26-35-55(36-27-48)65(56-37-28-50(29-38-56)47-22-24-53(25-23-47)60-20-11-17-52-16-7-8-18-59(52)60)57-39-32-51(33-40-57)54-34-43-64-62(44-54)61-19-9-10-21-63(61)66(64)58-41-30-49(31-42-58)46-14-5-2-6-15-46;1-3-11-41(12-4-1)44-27-36-54(37-28-44)60-57-18-10-9-17-55(57)56-40-50(31-38-58(56)60)47-29-34-53(35-30-47)59(51-15-5-2-6-16-51)52-32-25-45(26-33-52)43-19-21-46(22-20-43)49-24-23-42-13-7-8-14-48(42)39-49/h1-44H;1-40H. The molecule has 0 radical (unpaired) electrons. The van der Waals surface area contributed by atoms with Crippen LogP contribution in [0.3, 0.4) is 0 Å². The Bertz CT molecular complexity index is 7820. The van der Waals surface area contributed by atoms with Crippen molar-refractivity contribution in [3.63, 3.8) is 0 Å². The molecule has 0 bridgehead atoms. The maximum absolute atomic E-state index is 2.39. The van der Waals surface area contributed by atoms with Gasteiger partial charge in [-0.05, 0) is 261 Å². The zero-order valence-electron chi connectivity index (χ0n) is 69.3. The Hall–Kier alpha value is -16.7. The molecule has 592 valence electrons. The summed E-state index contributed by atoms with van der Waals surface area (Å²) in [4.78, 5) is 4.68. The Labute approximate surface area is 734 Å². The summed E-state index contributed by atoms with van der Waals surface area (Å²) in [6.45, 7) is 0. The molecule has 0 amide bonds. The molecule has 0 N–H and O–H groups in total. The normalized spacial score (nSPS) is 11.3. The van der Waals surface area contributed by atoms with Gasteiger partial charge in [0.05, 0.1) is 22.1 Å². The van der Waals surface area contributed by atoms with Gasteiger partial charge in [-0.25, -0.2) is 0 Å². The van der Waals surface area contributed by atoms with Gasteiger partial charge in [0.2, 0.25) is 0 Å². The summed E-state index contributed by atoms with van der Waals surface area (Å²) in [6, 6.07) is 184. The molecular weight excluding hydrogens is 1520 g/mol. The fourth-order valence-corrected chi connectivity index (χ4v) is 18.4. The molecule has 4 heteroatoms. The highest BCUT2D eigenvalue weighted by Gasteiger charge is 2.21. The van der Waals surface area contributed by atoms with E-state index < -0.39 is 0 Å². The molecule has 0 saturated heterocycles. The minimum Gasteiger partial charge on any atom is -0.311 e. The average molecular weight is 1610 g/mol. The smallest absolute Gasteiger partial charge is 0.0541 e. The van der Waals surface area contributed by atoms with Gasteiger partial charge in [0.1, 0.15) is 0 Å². The third-order valence-electron chi connectivity index (χ3n) is 24.8. The van der Waals surface area contributed by atoms with Crippen molar-refractivity contribution in [3.8, 4) is 112 Å². The van der Waals surface area contributed by atoms with E-state index in [2.05, 4.69) is 529 Å². The Morgan fingerprint density at radius 3 is 0.762 bits per heavy atom. The third kappa shape index (κ3) is 14.8. The summed E-state index contributed by atoms with van der Waals surface area (Å²) in [5.74, 6) is 0. The molecule has 0 atom stereocenters. The van der Waals surface area contributed by atoms with E-state index in [1.54, 1.807) is 0 Å². The molecule has 0 saturated carbocycles. The van der Waals surface area contributed by atoms with Gasteiger partial charge in [-0.3, -0.25) is 0 Å². The average Bonchev–Trinajstić information content (AvgIpc) is 1.59. The van der Waals surface area contributed by atoms with Crippen molar-refractivity contribution in [2.75, 3.05) is 9.80 Å². The second-order valence-corrected chi connectivity index (χ2v) is 32.3. The molecule has 23 rings (SSSR count). The SMILES string of the molecule is c1ccc(-c2ccc(-n3c4ccccc4c4cc(-c5ccc(N(c6ccccc6)c6ccc(-c7ccc(-c8ccc9ccccc9c8)cc7)cc6)cc5)ccc43)cc2)cc1.c1ccc(-c2ccc(N(c3ccc(-c4ccc(-c5cccc6ccccc56)cc4)cc3)c3ccc(-c4ccc5c(c4)c4ccccc4n5-c4ccc(-c5ccccc5)cc4)cc3)cc2)cc1. The maximum Gasteiger partial charge on any atom is 0.0541 e. The first-order valence-electron chi connectivity index (χ1n) is 43.2. The number of hydrogen-bond donors (Lipinski definition) is 0. The first-order chi connectivity index (χ1) is 62.4. The predicted molar refractivity (Wildman–Crippen MR) is 535 cm³/mol. The first-order valence-corrected chi connectivity index (χ1v) is 43.2. The fourth-order valence-electron chi connectivity index (χ4n) is 18.4. The molecule has 0 fully saturated rings. The maximum atomic E-state index is 2.39. The van der Waals surface area contributed by atoms with E-state index >= 15 is 0 Å². The second-order valence-electron chi connectivity index (χ2n) is 32.3. The number of anilines is 6. The van der Waals surface area contributed by atoms with Crippen LogP contribution >= 0.6 is 0 Å². The zero-order valence-corrected chi connectivity index (χ0v) is 69.3. The van der Waals surface area contributed by atoms with Crippen LogP contribution in [0.4, 0.5) is 34.1 Å². The number of rotatable bonds is 17. The predicted octanol–water partition coefficient (Wildman–Crippen LogP) is 33.8. The molecule has 4 nitrogen and oxygen atoms in total. The quantitative estimate of drug-likeness (QED) is 0.0903. The van der Waals surface area contributed by atoms with Crippen LogP contribution in [-0.2, 0) is 0 Å². The lowest BCUT2D eigenvalue weighted by Crippen LogP contribution is -2.09. The summed E-state index contributed by atoms with van der Waals surface area (Å²) < 4.78 is 4.77. The lowest BCUT2D eigenvalue weighted by molar-refractivity contribution is 1.18. The summed E-state index contributed by atoms with van der Waals surface area (Å²) in [6.07, 6.45) is 0. The summed E-state index contributed by atoms with van der Waals surface area (Å²) in [5.41, 5.74) is 35.4. The van der Waals surface area contributed by atoms with E-state index in [1.165, 1.54) is 165 Å². The summed E-state index contributed by atoms with van der Waals surface area (Å²) in [5, 5.41) is 10.0. The van der Waals surface area contributed by atoms with Crippen LogP contribution in [0.1, 0.15) is 0 Å². The lowest BCUT2D eigenvalue weighted by Gasteiger charge is -2.26.